The van der Waals surface area contributed by atoms with E-state index in [-0.39, 0.29) is 11.8 Å². The van der Waals surface area contributed by atoms with E-state index < -0.39 is 0 Å². The summed E-state index contributed by atoms with van der Waals surface area (Å²) in [4.78, 5) is 20.7. The van der Waals surface area contributed by atoms with E-state index in [0.717, 1.165) is 11.3 Å². The van der Waals surface area contributed by atoms with E-state index >= 15 is 0 Å². The maximum atomic E-state index is 12.3. The molecule has 4 heteroatoms. The van der Waals surface area contributed by atoms with E-state index in [4.69, 9.17) is 0 Å². The molecule has 0 bridgehead atoms. The van der Waals surface area contributed by atoms with E-state index in [2.05, 4.69) is 46.5 Å². The highest BCUT2D eigenvalue weighted by Gasteiger charge is 2.17. The molecule has 3 aromatic rings. The van der Waals surface area contributed by atoms with Crippen molar-refractivity contribution < 1.29 is 4.79 Å². The lowest BCUT2D eigenvalue weighted by atomic mass is 9.94. The average Bonchev–Trinajstić information content (AvgIpc) is 2.65. The Kier molecular flexibility index (Phi) is 4.96. The molecular formula is C20H19N3O. The van der Waals surface area contributed by atoms with Crippen LogP contribution in [0.3, 0.4) is 0 Å². The average molecular weight is 317 g/mol. The molecule has 2 aromatic heterocycles. The number of carbonyl (C=O) groups is 1. The number of pyridine rings is 2. The van der Waals surface area contributed by atoms with Crippen LogP contribution >= 0.6 is 0 Å². The molecule has 1 N–H and O–H groups in total. The van der Waals surface area contributed by atoms with Crippen molar-refractivity contribution in [2.75, 3.05) is 6.54 Å². The monoisotopic (exact) mass is 317 g/mol. The molecule has 0 saturated heterocycles. The SMILES string of the molecule is Cc1ccc(C(CNC(=O)c2ccncc2)c2ccccn2)cc1. The summed E-state index contributed by atoms with van der Waals surface area (Å²) in [6, 6.07) is 17.6. The number of hydrogen-bond donors (Lipinski definition) is 1. The number of carbonyl (C=O) groups excluding carboxylic acids is 1. The highest BCUT2D eigenvalue weighted by Crippen LogP contribution is 2.22. The molecule has 3 rings (SSSR count). The van der Waals surface area contributed by atoms with E-state index in [1.807, 2.05) is 18.2 Å². The van der Waals surface area contributed by atoms with Crippen LogP contribution in [0.2, 0.25) is 0 Å². The Labute approximate surface area is 141 Å². The minimum absolute atomic E-state index is 0.0117. The quantitative estimate of drug-likeness (QED) is 0.785. The molecule has 0 saturated carbocycles. The molecule has 120 valence electrons. The number of aryl methyl sites for hydroxylation is 1. The van der Waals surface area contributed by atoms with Crippen LogP contribution in [-0.2, 0) is 0 Å². The van der Waals surface area contributed by atoms with Crippen molar-refractivity contribution in [3.8, 4) is 0 Å². The predicted octanol–water partition coefficient (Wildman–Crippen LogP) is 3.35. The van der Waals surface area contributed by atoms with Crippen LogP contribution in [0.1, 0.15) is 33.1 Å². The minimum atomic E-state index is -0.106. The molecule has 0 fully saturated rings. The number of nitrogens with zero attached hydrogens (tertiary/aromatic N) is 2. The van der Waals surface area contributed by atoms with Gasteiger partial charge in [-0.05, 0) is 36.8 Å². The van der Waals surface area contributed by atoms with Gasteiger partial charge in [0.05, 0.1) is 0 Å². The first kappa shape index (κ1) is 15.9. The zero-order valence-electron chi connectivity index (χ0n) is 13.5. The Morgan fingerprint density at radius 2 is 1.75 bits per heavy atom. The lowest BCUT2D eigenvalue weighted by Gasteiger charge is -2.18. The van der Waals surface area contributed by atoms with E-state index in [9.17, 15) is 4.79 Å². The summed E-state index contributed by atoms with van der Waals surface area (Å²) in [5.41, 5.74) is 3.89. The smallest absolute Gasteiger partial charge is 0.251 e. The van der Waals surface area contributed by atoms with Crippen LogP contribution < -0.4 is 5.32 Å². The Bertz CT molecular complexity index is 786. The van der Waals surface area contributed by atoms with E-state index in [1.54, 1.807) is 30.7 Å². The van der Waals surface area contributed by atoms with Gasteiger partial charge in [-0.2, -0.15) is 0 Å². The predicted molar refractivity (Wildman–Crippen MR) is 93.8 cm³/mol. The van der Waals surface area contributed by atoms with Gasteiger partial charge >= 0.3 is 0 Å². The normalized spacial score (nSPS) is 11.7. The third-order valence-corrected chi connectivity index (χ3v) is 3.93. The third-order valence-electron chi connectivity index (χ3n) is 3.93. The number of amides is 1. The highest BCUT2D eigenvalue weighted by atomic mass is 16.1. The molecule has 1 atom stereocenters. The van der Waals surface area contributed by atoms with Gasteiger partial charge in [-0.3, -0.25) is 14.8 Å². The maximum absolute atomic E-state index is 12.3. The molecule has 1 amide bonds. The summed E-state index contributed by atoms with van der Waals surface area (Å²) in [6.07, 6.45) is 5.01. The van der Waals surface area contributed by atoms with Crippen LogP contribution in [0.15, 0.2) is 73.2 Å². The van der Waals surface area contributed by atoms with Gasteiger partial charge in [0.2, 0.25) is 0 Å². The fraction of sp³-hybridized carbons (Fsp3) is 0.150. The summed E-state index contributed by atoms with van der Waals surface area (Å²) in [6.45, 7) is 2.55. The van der Waals surface area contributed by atoms with Crippen LogP contribution in [0.5, 0.6) is 0 Å². The van der Waals surface area contributed by atoms with Gasteiger partial charge in [-0.1, -0.05) is 35.9 Å². The summed E-state index contributed by atoms with van der Waals surface area (Å²) < 4.78 is 0. The number of benzene rings is 1. The first-order chi connectivity index (χ1) is 11.7. The van der Waals surface area contributed by atoms with E-state index in [1.165, 1.54) is 5.56 Å². The molecule has 1 unspecified atom stereocenters. The standard InChI is InChI=1S/C20H19N3O/c1-15-5-7-16(8-6-15)18(19-4-2-3-11-22-19)14-23-20(24)17-9-12-21-13-10-17/h2-13,18H,14H2,1H3,(H,23,24). The largest absolute Gasteiger partial charge is 0.351 e. The molecule has 0 aliphatic rings. The van der Waals surface area contributed by atoms with Gasteiger partial charge in [-0.25, -0.2) is 0 Å². The second kappa shape index (κ2) is 7.51. The lowest BCUT2D eigenvalue weighted by Crippen LogP contribution is -2.29. The van der Waals surface area contributed by atoms with Crippen molar-refractivity contribution in [2.24, 2.45) is 0 Å². The zero-order valence-corrected chi connectivity index (χ0v) is 13.5. The fourth-order valence-electron chi connectivity index (χ4n) is 2.57. The second-order valence-electron chi connectivity index (χ2n) is 5.66. The molecular weight excluding hydrogens is 298 g/mol. The van der Waals surface area contributed by atoms with Gasteiger partial charge in [-0.15, -0.1) is 0 Å². The highest BCUT2D eigenvalue weighted by molar-refractivity contribution is 5.94. The molecule has 0 radical (unpaired) electrons. The van der Waals surface area contributed by atoms with Crippen LogP contribution in [0, 0.1) is 6.92 Å². The minimum Gasteiger partial charge on any atom is -0.351 e. The fourth-order valence-corrected chi connectivity index (χ4v) is 2.57. The van der Waals surface area contributed by atoms with Crippen molar-refractivity contribution in [3.05, 3.63) is 95.6 Å². The molecule has 4 nitrogen and oxygen atoms in total. The van der Waals surface area contributed by atoms with Crippen molar-refractivity contribution in [3.63, 3.8) is 0 Å². The Morgan fingerprint density at radius 1 is 1.00 bits per heavy atom. The summed E-state index contributed by atoms with van der Waals surface area (Å²) in [5, 5.41) is 3.00. The number of aromatic nitrogens is 2. The van der Waals surface area contributed by atoms with Crippen LogP contribution in [0.25, 0.3) is 0 Å². The van der Waals surface area contributed by atoms with Gasteiger partial charge in [0.1, 0.15) is 0 Å². The van der Waals surface area contributed by atoms with Gasteiger partial charge in [0, 0.05) is 42.3 Å². The van der Waals surface area contributed by atoms with Crippen molar-refractivity contribution in [2.45, 2.75) is 12.8 Å². The summed E-state index contributed by atoms with van der Waals surface area (Å²) in [5.74, 6) is -0.0944. The van der Waals surface area contributed by atoms with Crippen LogP contribution in [0.4, 0.5) is 0 Å². The zero-order chi connectivity index (χ0) is 16.8. The lowest BCUT2D eigenvalue weighted by molar-refractivity contribution is 0.0952. The number of hydrogen-bond acceptors (Lipinski definition) is 3. The molecule has 2 heterocycles. The Hall–Kier alpha value is -3.01. The molecule has 0 aliphatic carbocycles. The van der Waals surface area contributed by atoms with E-state index in [0.29, 0.717) is 12.1 Å². The first-order valence-electron chi connectivity index (χ1n) is 7.90. The topological polar surface area (TPSA) is 54.9 Å². The third kappa shape index (κ3) is 3.84. The first-order valence-corrected chi connectivity index (χ1v) is 7.90. The second-order valence-corrected chi connectivity index (χ2v) is 5.66. The number of nitrogens with one attached hydrogen (secondary N) is 1. The Balaban J connectivity index is 1.80. The van der Waals surface area contributed by atoms with Gasteiger partial charge in [0.25, 0.3) is 5.91 Å². The number of rotatable bonds is 5. The molecule has 24 heavy (non-hydrogen) atoms. The van der Waals surface area contributed by atoms with Crippen molar-refractivity contribution >= 4 is 5.91 Å². The molecule has 0 aliphatic heterocycles. The van der Waals surface area contributed by atoms with Gasteiger partial charge in [0.15, 0.2) is 0 Å². The summed E-state index contributed by atoms with van der Waals surface area (Å²) >= 11 is 0. The van der Waals surface area contributed by atoms with Crippen molar-refractivity contribution in [1.29, 1.82) is 0 Å². The van der Waals surface area contributed by atoms with Crippen molar-refractivity contribution in [1.82, 2.24) is 15.3 Å². The molecule has 0 spiro atoms. The van der Waals surface area contributed by atoms with Crippen LogP contribution in [-0.4, -0.2) is 22.4 Å². The Morgan fingerprint density at radius 3 is 2.42 bits per heavy atom. The van der Waals surface area contributed by atoms with Gasteiger partial charge < -0.3 is 5.32 Å². The maximum Gasteiger partial charge on any atom is 0.251 e. The molecule has 1 aromatic carbocycles. The summed E-state index contributed by atoms with van der Waals surface area (Å²) in [7, 11) is 0.